The topological polar surface area (TPSA) is 66.5 Å². The molecule has 1 amide bonds. The normalized spacial score (nSPS) is 14.4. The summed E-state index contributed by atoms with van der Waals surface area (Å²) in [7, 11) is -4.03. The number of hydrogen-bond acceptors (Lipinski definition) is 3. The van der Waals surface area contributed by atoms with Gasteiger partial charge >= 0.3 is 0 Å². The lowest BCUT2D eigenvalue weighted by atomic mass is 10.0. The van der Waals surface area contributed by atoms with Crippen LogP contribution in [0.1, 0.15) is 24.5 Å². The van der Waals surface area contributed by atoms with Gasteiger partial charge in [0.1, 0.15) is 10.7 Å². The molecule has 0 atom stereocenters. The van der Waals surface area contributed by atoms with Crippen molar-refractivity contribution in [2.75, 3.05) is 16.2 Å². The molecule has 25 heavy (non-hydrogen) atoms. The third-order valence-electron chi connectivity index (χ3n) is 4.29. The van der Waals surface area contributed by atoms with Crippen LogP contribution in [0.5, 0.6) is 0 Å². The van der Waals surface area contributed by atoms with Crippen LogP contribution in [0.2, 0.25) is 0 Å². The van der Waals surface area contributed by atoms with Gasteiger partial charge in [0, 0.05) is 24.3 Å². The summed E-state index contributed by atoms with van der Waals surface area (Å²) in [4.78, 5) is 13.2. The Morgan fingerprint density at radius 1 is 1.20 bits per heavy atom. The maximum atomic E-state index is 14.2. The van der Waals surface area contributed by atoms with Gasteiger partial charge in [-0.25, -0.2) is 12.8 Å². The number of nitrogens with zero attached hydrogens (tertiary/aromatic N) is 1. The van der Waals surface area contributed by atoms with Gasteiger partial charge < -0.3 is 4.90 Å². The minimum atomic E-state index is -4.03. The summed E-state index contributed by atoms with van der Waals surface area (Å²) in [6.07, 6.45) is 0.947. The van der Waals surface area contributed by atoms with Crippen molar-refractivity contribution < 1.29 is 17.6 Å². The van der Waals surface area contributed by atoms with E-state index in [2.05, 4.69) is 4.72 Å². The monoisotopic (exact) mass is 362 g/mol. The largest absolute Gasteiger partial charge is 0.312 e. The predicted molar refractivity (Wildman–Crippen MR) is 94.7 cm³/mol. The van der Waals surface area contributed by atoms with Crippen LogP contribution in [0.15, 0.2) is 41.3 Å². The van der Waals surface area contributed by atoms with Crippen LogP contribution in [-0.4, -0.2) is 20.9 Å². The number of benzene rings is 2. The van der Waals surface area contributed by atoms with Crippen LogP contribution in [0.3, 0.4) is 0 Å². The van der Waals surface area contributed by atoms with Crippen molar-refractivity contribution in [1.29, 1.82) is 0 Å². The van der Waals surface area contributed by atoms with Crippen LogP contribution in [0.25, 0.3) is 0 Å². The van der Waals surface area contributed by atoms with Gasteiger partial charge in [0.05, 0.1) is 0 Å². The van der Waals surface area contributed by atoms with Gasteiger partial charge in [-0.15, -0.1) is 0 Å². The summed E-state index contributed by atoms with van der Waals surface area (Å²) in [5.74, 6) is -0.694. The molecule has 0 saturated heterocycles. The Balaban J connectivity index is 1.94. The van der Waals surface area contributed by atoms with E-state index in [1.165, 1.54) is 25.1 Å². The summed E-state index contributed by atoms with van der Waals surface area (Å²) in [5.41, 5.74) is 2.31. The Labute approximate surface area is 146 Å². The SMILES string of the molecule is CCN1C(=O)CCc2cc(NS(=O)(=O)c3cccc(C)c3F)ccc21. The van der Waals surface area contributed by atoms with E-state index in [1.54, 1.807) is 23.1 Å². The Morgan fingerprint density at radius 2 is 1.96 bits per heavy atom. The first kappa shape index (κ1) is 17.4. The van der Waals surface area contributed by atoms with Gasteiger partial charge in [-0.2, -0.15) is 0 Å². The molecule has 7 heteroatoms. The third kappa shape index (κ3) is 3.24. The summed E-state index contributed by atoms with van der Waals surface area (Å²) >= 11 is 0. The number of anilines is 2. The molecule has 2 aromatic carbocycles. The number of nitrogens with one attached hydrogen (secondary N) is 1. The van der Waals surface area contributed by atoms with E-state index in [0.29, 0.717) is 25.1 Å². The predicted octanol–water partition coefficient (Wildman–Crippen LogP) is 3.23. The van der Waals surface area contributed by atoms with Crippen molar-refractivity contribution in [2.45, 2.75) is 31.6 Å². The van der Waals surface area contributed by atoms with Gasteiger partial charge in [-0.3, -0.25) is 9.52 Å². The highest BCUT2D eigenvalue weighted by Crippen LogP contribution is 2.31. The van der Waals surface area contributed by atoms with Gasteiger partial charge in [0.2, 0.25) is 5.91 Å². The zero-order valence-corrected chi connectivity index (χ0v) is 14.9. The van der Waals surface area contributed by atoms with Gasteiger partial charge in [0.15, 0.2) is 0 Å². The molecule has 0 unspecified atom stereocenters. The number of rotatable bonds is 4. The molecule has 0 saturated carbocycles. The smallest absolute Gasteiger partial charge is 0.264 e. The summed E-state index contributed by atoms with van der Waals surface area (Å²) in [6, 6.07) is 9.27. The molecule has 0 bridgehead atoms. The van der Waals surface area contributed by atoms with Crippen molar-refractivity contribution in [3.8, 4) is 0 Å². The van der Waals surface area contributed by atoms with Gasteiger partial charge in [-0.05, 0) is 55.7 Å². The lowest BCUT2D eigenvalue weighted by Crippen LogP contribution is -2.34. The second kappa shape index (κ2) is 6.48. The summed E-state index contributed by atoms with van der Waals surface area (Å²) in [5, 5.41) is 0. The fraction of sp³-hybridized carbons (Fsp3) is 0.278. The maximum absolute atomic E-state index is 14.2. The van der Waals surface area contributed by atoms with Crippen molar-refractivity contribution in [3.63, 3.8) is 0 Å². The van der Waals surface area contributed by atoms with Crippen LogP contribution < -0.4 is 9.62 Å². The number of hydrogen-bond donors (Lipinski definition) is 1. The fourth-order valence-electron chi connectivity index (χ4n) is 3.01. The molecule has 0 radical (unpaired) electrons. The minimum Gasteiger partial charge on any atom is -0.312 e. The van der Waals surface area contributed by atoms with Crippen LogP contribution in [-0.2, 0) is 21.2 Å². The van der Waals surface area contributed by atoms with E-state index in [9.17, 15) is 17.6 Å². The van der Waals surface area contributed by atoms with E-state index in [0.717, 1.165) is 11.3 Å². The molecule has 3 rings (SSSR count). The number of carbonyl (C=O) groups excluding carboxylic acids is 1. The molecule has 5 nitrogen and oxygen atoms in total. The lowest BCUT2D eigenvalue weighted by Gasteiger charge is -2.28. The lowest BCUT2D eigenvalue weighted by molar-refractivity contribution is -0.118. The standard InChI is InChI=1S/C18H19FN2O3S/c1-3-21-15-9-8-14(11-13(15)7-10-17(21)22)20-25(23,24)16-6-4-5-12(2)18(16)19/h4-6,8-9,11,20H,3,7,10H2,1-2H3. The molecule has 1 N–H and O–H groups in total. The maximum Gasteiger partial charge on any atom is 0.264 e. The second-order valence-electron chi connectivity index (χ2n) is 5.97. The second-order valence-corrected chi connectivity index (χ2v) is 7.62. The average molecular weight is 362 g/mol. The minimum absolute atomic E-state index is 0.0603. The van der Waals surface area contributed by atoms with E-state index in [-0.39, 0.29) is 16.4 Å². The van der Waals surface area contributed by atoms with Crippen molar-refractivity contribution >= 4 is 27.3 Å². The zero-order valence-electron chi connectivity index (χ0n) is 14.0. The summed E-state index contributed by atoms with van der Waals surface area (Å²) < 4.78 is 41.6. The molecular formula is C18H19FN2O3S. The number of sulfonamides is 1. The highest BCUT2D eigenvalue weighted by molar-refractivity contribution is 7.92. The van der Waals surface area contributed by atoms with E-state index in [1.807, 2.05) is 6.92 Å². The molecule has 0 aromatic heterocycles. The van der Waals surface area contributed by atoms with E-state index in [4.69, 9.17) is 0 Å². The Kier molecular flexibility index (Phi) is 4.51. The number of halogens is 1. The first-order valence-electron chi connectivity index (χ1n) is 8.04. The zero-order chi connectivity index (χ0) is 18.2. The number of amides is 1. The fourth-order valence-corrected chi connectivity index (χ4v) is 4.21. The quantitative estimate of drug-likeness (QED) is 0.908. The highest BCUT2D eigenvalue weighted by atomic mass is 32.2. The molecule has 2 aromatic rings. The molecule has 0 spiro atoms. The van der Waals surface area contributed by atoms with Crippen molar-refractivity contribution in [1.82, 2.24) is 0 Å². The first-order valence-corrected chi connectivity index (χ1v) is 9.53. The molecule has 1 heterocycles. The molecule has 1 aliphatic heterocycles. The third-order valence-corrected chi connectivity index (χ3v) is 5.69. The molecule has 0 aliphatic carbocycles. The molecular weight excluding hydrogens is 343 g/mol. The van der Waals surface area contributed by atoms with Crippen LogP contribution in [0.4, 0.5) is 15.8 Å². The number of aryl methyl sites for hydroxylation is 2. The Morgan fingerprint density at radius 3 is 2.68 bits per heavy atom. The Hall–Kier alpha value is -2.41. The first-order chi connectivity index (χ1) is 11.8. The van der Waals surface area contributed by atoms with Gasteiger partial charge in [0.25, 0.3) is 10.0 Å². The van der Waals surface area contributed by atoms with E-state index >= 15 is 0 Å². The number of carbonyl (C=O) groups is 1. The highest BCUT2D eigenvalue weighted by Gasteiger charge is 2.24. The van der Waals surface area contributed by atoms with Gasteiger partial charge in [-0.1, -0.05) is 12.1 Å². The molecule has 0 fully saturated rings. The average Bonchev–Trinajstić information content (AvgIpc) is 2.57. The van der Waals surface area contributed by atoms with Crippen molar-refractivity contribution in [3.05, 3.63) is 53.3 Å². The van der Waals surface area contributed by atoms with Crippen LogP contribution in [0, 0.1) is 12.7 Å². The number of fused-ring (bicyclic) bond motifs is 1. The van der Waals surface area contributed by atoms with Crippen molar-refractivity contribution in [2.24, 2.45) is 0 Å². The Bertz CT molecular complexity index is 941. The molecule has 1 aliphatic rings. The molecule has 132 valence electrons. The van der Waals surface area contributed by atoms with E-state index < -0.39 is 15.8 Å². The summed E-state index contributed by atoms with van der Waals surface area (Å²) in [6.45, 7) is 3.97. The van der Waals surface area contributed by atoms with Crippen LogP contribution >= 0.6 is 0 Å².